The van der Waals surface area contributed by atoms with Crippen LogP contribution in [0.3, 0.4) is 0 Å². The normalized spacial score (nSPS) is 26.6. The van der Waals surface area contributed by atoms with Crippen LogP contribution in [-0.2, 0) is 9.53 Å². The van der Waals surface area contributed by atoms with Gasteiger partial charge in [-0.1, -0.05) is 6.92 Å². The number of carbonyl (C=O) groups is 1. The molecule has 0 radical (unpaired) electrons. The van der Waals surface area contributed by atoms with Gasteiger partial charge < -0.3 is 9.64 Å². The second kappa shape index (κ2) is 7.22. The molecule has 1 rings (SSSR count). The summed E-state index contributed by atoms with van der Waals surface area (Å²) < 4.78 is 4.97. The zero-order valence-electron chi connectivity index (χ0n) is 11.1. The van der Waals surface area contributed by atoms with Crippen molar-refractivity contribution in [2.24, 2.45) is 11.8 Å². The van der Waals surface area contributed by atoms with E-state index in [4.69, 9.17) is 16.3 Å². The molecule has 1 aliphatic rings. The molecule has 1 amide bonds. The summed E-state index contributed by atoms with van der Waals surface area (Å²) in [6, 6.07) is 0. The van der Waals surface area contributed by atoms with Crippen LogP contribution < -0.4 is 0 Å². The van der Waals surface area contributed by atoms with Gasteiger partial charge in [-0.3, -0.25) is 4.79 Å². The van der Waals surface area contributed by atoms with Gasteiger partial charge in [-0.15, -0.1) is 11.6 Å². The maximum absolute atomic E-state index is 12.2. The number of methoxy groups -OCH3 is 1. The molecule has 1 atom stereocenters. The maximum Gasteiger partial charge on any atom is 0.225 e. The standard InChI is InChI=1S/C13H24ClNO2/c1-10-4-6-11(7-5-10)13(16)15(2)8-12(14)9-17-3/h10-12H,4-9H2,1-3H3. The molecule has 1 unspecified atom stereocenters. The Labute approximate surface area is 109 Å². The van der Waals surface area contributed by atoms with Gasteiger partial charge in [-0.05, 0) is 31.6 Å². The van der Waals surface area contributed by atoms with Crippen molar-refractivity contribution in [1.82, 2.24) is 4.90 Å². The van der Waals surface area contributed by atoms with Gasteiger partial charge in [-0.2, -0.15) is 0 Å². The lowest BCUT2D eigenvalue weighted by Gasteiger charge is -2.29. The minimum absolute atomic E-state index is 0.114. The summed E-state index contributed by atoms with van der Waals surface area (Å²) in [7, 11) is 3.46. The Morgan fingerprint density at radius 1 is 1.41 bits per heavy atom. The Balaban J connectivity index is 2.35. The van der Waals surface area contributed by atoms with Crippen molar-refractivity contribution in [2.75, 3.05) is 27.3 Å². The van der Waals surface area contributed by atoms with Crippen molar-refractivity contribution in [2.45, 2.75) is 38.0 Å². The Bertz CT molecular complexity index is 240. The van der Waals surface area contributed by atoms with Crippen LogP contribution in [0.25, 0.3) is 0 Å². The van der Waals surface area contributed by atoms with Gasteiger partial charge >= 0.3 is 0 Å². The monoisotopic (exact) mass is 261 g/mol. The van der Waals surface area contributed by atoms with Crippen LogP contribution in [0.5, 0.6) is 0 Å². The molecule has 0 aromatic heterocycles. The van der Waals surface area contributed by atoms with Crippen molar-refractivity contribution >= 4 is 17.5 Å². The first-order valence-corrected chi connectivity index (χ1v) is 6.86. The second-order valence-corrected chi connectivity index (χ2v) is 5.85. The van der Waals surface area contributed by atoms with Gasteiger partial charge in [-0.25, -0.2) is 0 Å². The maximum atomic E-state index is 12.2. The predicted octanol–water partition coefficient (Wildman–Crippen LogP) is 2.52. The van der Waals surface area contributed by atoms with E-state index in [9.17, 15) is 4.79 Å². The fraction of sp³-hybridized carbons (Fsp3) is 0.923. The van der Waals surface area contributed by atoms with E-state index in [0.29, 0.717) is 13.2 Å². The summed E-state index contributed by atoms with van der Waals surface area (Å²) in [5.74, 6) is 1.24. The smallest absolute Gasteiger partial charge is 0.225 e. The Hall–Kier alpha value is -0.280. The first-order valence-electron chi connectivity index (χ1n) is 6.42. The zero-order chi connectivity index (χ0) is 12.8. The van der Waals surface area contributed by atoms with Crippen molar-refractivity contribution in [1.29, 1.82) is 0 Å². The van der Waals surface area contributed by atoms with E-state index in [1.54, 1.807) is 12.0 Å². The first kappa shape index (κ1) is 14.8. The van der Waals surface area contributed by atoms with Gasteiger partial charge in [0.25, 0.3) is 0 Å². The Kier molecular flexibility index (Phi) is 6.28. The van der Waals surface area contributed by atoms with Crippen LogP contribution in [-0.4, -0.2) is 43.5 Å². The minimum Gasteiger partial charge on any atom is -0.383 e. The topological polar surface area (TPSA) is 29.5 Å². The fourth-order valence-electron chi connectivity index (χ4n) is 2.44. The molecule has 0 N–H and O–H groups in total. The molecule has 4 heteroatoms. The SMILES string of the molecule is COCC(Cl)CN(C)C(=O)C1CCC(C)CC1. The molecule has 17 heavy (non-hydrogen) atoms. The molecule has 0 spiro atoms. The lowest BCUT2D eigenvalue weighted by molar-refractivity contribution is -0.135. The third-order valence-corrected chi connectivity index (χ3v) is 3.82. The van der Waals surface area contributed by atoms with Crippen molar-refractivity contribution in [3.8, 4) is 0 Å². The molecule has 0 saturated heterocycles. The number of halogens is 1. The molecule has 0 aromatic carbocycles. The highest BCUT2D eigenvalue weighted by Crippen LogP contribution is 2.29. The molecule has 3 nitrogen and oxygen atoms in total. The summed E-state index contributed by atoms with van der Waals surface area (Å²) in [5, 5.41) is -0.114. The highest BCUT2D eigenvalue weighted by atomic mass is 35.5. The van der Waals surface area contributed by atoms with Crippen LogP contribution in [0.4, 0.5) is 0 Å². The number of rotatable bonds is 5. The number of ether oxygens (including phenoxy) is 1. The Morgan fingerprint density at radius 3 is 2.53 bits per heavy atom. The Morgan fingerprint density at radius 2 is 2.00 bits per heavy atom. The third-order valence-electron chi connectivity index (χ3n) is 3.56. The average Bonchev–Trinajstić information content (AvgIpc) is 2.29. The highest BCUT2D eigenvalue weighted by Gasteiger charge is 2.27. The molecule has 0 aromatic rings. The van der Waals surface area contributed by atoms with Crippen molar-refractivity contribution in [3.63, 3.8) is 0 Å². The molecular formula is C13H24ClNO2. The number of nitrogens with zero attached hydrogens (tertiary/aromatic N) is 1. The molecule has 1 saturated carbocycles. The fourth-order valence-corrected chi connectivity index (χ4v) is 2.77. The summed E-state index contributed by atoms with van der Waals surface area (Å²) in [6.45, 7) is 3.32. The van der Waals surface area contributed by atoms with Gasteiger partial charge in [0.2, 0.25) is 5.91 Å². The number of amides is 1. The largest absolute Gasteiger partial charge is 0.383 e. The van der Waals surface area contributed by atoms with E-state index in [1.807, 2.05) is 7.05 Å². The summed E-state index contributed by atoms with van der Waals surface area (Å²) in [4.78, 5) is 13.9. The van der Waals surface area contributed by atoms with Gasteiger partial charge in [0.1, 0.15) is 0 Å². The lowest BCUT2D eigenvalue weighted by Crippen LogP contribution is -2.39. The van der Waals surface area contributed by atoms with Crippen LogP contribution >= 0.6 is 11.6 Å². The van der Waals surface area contributed by atoms with Gasteiger partial charge in [0.05, 0.1) is 12.0 Å². The second-order valence-electron chi connectivity index (χ2n) is 5.23. The summed E-state index contributed by atoms with van der Waals surface area (Å²) in [5.41, 5.74) is 0. The van der Waals surface area contributed by atoms with E-state index >= 15 is 0 Å². The first-order chi connectivity index (χ1) is 8.04. The number of carbonyl (C=O) groups excluding carboxylic acids is 1. The quantitative estimate of drug-likeness (QED) is 0.712. The average molecular weight is 262 g/mol. The van der Waals surface area contributed by atoms with E-state index in [1.165, 1.54) is 12.8 Å². The lowest BCUT2D eigenvalue weighted by atomic mass is 9.82. The predicted molar refractivity (Wildman–Crippen MR) is 70.3 cm³/mol. The van der Waals surface area contributed by atoms with E-state index < -0.39 is 0 Å². The molecule has 1 aliphatic carbocycles. The van der Waals surface area contributed by atoms with Crippen LogP contribution in [0.1, 0.15) is 32.6 Å². The van der Waals surface area contributed by atoms with Crippen molar-refractivity contribution < 1.29 is 9.53 Å². The van der Waals surface area contributed by atoms with Crippen LogP contribution in [0.15, 0.2) is 0 Å². The molecule has 0 aliphatic heterocycles. The van der Waals surface area contributed by atoms with Crippen LogP contribution in [0.2, 0.25) is 0 Å². The minimum atomic E-state index is -0.114. The number of hydrogen-bond acceptors (Lipinski definition) is 2. The van der Waals surface area contributed by atoms with Crippen molar-refractivity contribution in [3.05, 3.63) is 0 Å². The van der Waals surface area contributed by atoms with E-state index in [0.717, 1.165) is 18.8 Å². The molecule has 1 fully saturated rings. The highest BCUT2D eigenvalue weighted by molar-refractivity contribution is 6.21. The van der Waals surface area contributed by atoms with Crippen LogP contribution in [0, 0.1) is 11.8 Å². The number of hydrogen-bond donors (Lipinski definition) is 0. The van der Waals surface area contributed by atoms with E-state index in [2.05, 4.69) is 6.92 Å². The van der Waals surface area contributed by atoms with E-state index in [-0.39, 0.29) is 17.2 Å². The van der Waals surface area contributed by atoms with Gasteiger partial charge in [0, 0.05) is 26.6 Å². The summed E-state index contributed by atoms with van der Waals surface area (Å²) in [6.07, 6.45) is 4.41. The molecular weight excluding hydrogens is 238 g/mol. The summed E-state index contributed by atoms with van der Waals surface area (Å²) >= 11 is 6.06. The zero-order valence-corrected chi connectivity index (χ0v) is 11.9. The third kappa shape index (κ3) is 4.84. The molecule has 0 heterocycles. The molecule has 100 valence electrons. The van der Waals surface area contributed by atoms with Gasteiger partial charge in [0.15, 0.2) is 0 Å². The number of alkyl halides is 1. The molecule has 0 bridgehead atoms.